The molecular weight excluding hydrogens is 355 g/mol. The summed E-state index contributed by atoms with van der Waals surface area (Å²) < 4.78 is 10.2. The molecule has 0 aliphatic heterocycles. The van der Waals surface area contributed by atoms with Crippen molar-refractivity contribution in [2.24, 2.45) is 5.41 Å². The molecule has 0 bridgehead atoms. The van der Waals surface area contributed by atoms with Crippen LogP contribution in [0.15, 0.2) is 12.1 Å². The lowest BCUT2D eigenvalue weighted by Gasteiger charge is -2.22. The van der Waals surface area contributed by atoms with Gasteiger partial charge in [-0.1, -0.05) is 23.2 Å². The minimum absolute atomic E-state index is 0.0776. The predicted molar refractivity (Wildman–Crippen MR) is 95.0 cm³/mol. The summed E-state index contributed by atoms with van der Waals surface area (Å²) in [6.45, 7) is 7.16. The fraction of sp³-hybridized carbons (Fsp3) is 0.500. The standard InChI is InChI=1S/C16H22Cl2N2O4/c1-9(2)24-13-7-12(10(17)6-11(13)18)20-15(22)19-8-16(3,4)14(21)23-5/h6-7,9H,8H2,1-5H3,(H2,19,20,22). The lowest BCUT2D eigenvalue weighted by molar-refractivity contribution is -0.150. The molecule has 0 saturated carbocycles. The van der Waals surface area contributed by atoms with E-state index in [1.165, 1.54) is 13.2 Å². The SMILES string of the molecule is COC(=O)C(C)(C)CNC(=O)Nc1cc(OC(C)C)c(Cl)cc1Cl. The van der Waals surface area contributed by atoms with E-state index in [2.05, 4.69) is 15.4 Å². The summed E-state index contributed by atoms with van der Waals surface area (Å²) in [6.07, 6.45) is -0.0776. The smallest absolute Gasteiger partial charge is 0.319 e. The van der Waals surface area contributed by atoms with Crippen molar-refractivity contribution in [3.05, 3.63) is 22.2 Å². The van der Waals surface area contributed by atoms with Gasteiger partial charge in [0.15, 0.2) is 0 Å². The van der Waals surface area contributed by atoms with Crippen molar-refractivity contribution in [3.8, 4) is 5.75 Å². The zero-order valence-corrected chi connectivity index (χ0v) is 15.8. The van der Waals surface area contributed by atoms with Crippen LogP contribution < -0.4 is 15.4 Å². The molecule has 1 aromatic carbocycles. The normalized spacial score (nSPS) is 11.2. The molecule has 0 fully saturated rings. The van der Waals surface area contributed by atoms with Gasteiger partial charge in [0.05, 0.1) is 34.4 Å². The number of benzene rings is 1. The molecule has 0 aliphatic rings. The van der Waals surface area contributed by atoms with E-state index in [9.17, 15) is 9.59 Å². The number of esters is 1. The molecule has 0 unspecified atom stereocenters. The number of nitrogens with one attached hydrogen (secondary N) is 2. The second kappa shape index (κ2) is 8.44. The van der Waals surface area contributed by atoms with Crippen molar-refractivity contribution >= 4 is 40.9 Å². The van der Waals surface area contributed by atoms with Crippen molar-refractivity contribution in [1.82, 2.24) is 5.32 Å². The van der Waals surface area contributed by atoms with Gasteiger partial charge >= 0.3 is 12.0 Å². The quantitative estimate of drug-likeness (QED) is 0.732. The van der Waals surface area contributed by atoms with Gasteiger partial charge in [-0.05, 0) is 33.8 Å². The number of urea groups is 1. The number of amides is 2. The number of halogens is 2. The van der Waals surface area contributed by atoms with Gasteiger partial charge in [0.25, 0.3) is 0 Å². The molecular formula is C16H22Cl2N2O4. The van der Waals surface area contributed by atoms with Gasteiger partial charge in [-0.25, -0.2) is 4.79 Å². The van der Waals surface area contributed by atoms with E-state index in [1.807, 2.05) is 13.8 Å². The van der Waals surface area contributed by atoms with Gasteiger partial charge in [-0.2, -0.15) is 0 Å². The van der Waals surface area contributed by atoms with Crippen molar-refractivity contribution < 1.29 is 19.1 Å². The number of carbonyl (C=O) groups is 2. The first kappa shape index (κ1) is 20.4. The highest BCUT2D eigenvalue weighted by Crippen LogP contribution is 2.34. The molecule has 0 heterocycles. The summed E-state index contributed by atoms with van der Waals surface area (Å²) in [4.78, 5) is 23.6. The van der Waals surface area contributed by atoms with E-state index < -0.39 is 17.4 Å². The number of methoxy groups -OCH3 is 1. The molecule has 0 aromatic heterocycles. The second-order valence-electron chi connectivity index (χ2n) is 6.11. The van der Waals surface area contributed by atoms with E-state index in [4.69, 9.17) is 27.9 Å². The van der Waals surface area contributed by atoms with Gasteiger partial charge in [-0.15, -0.1) is 0 Å². The molecule has 2 N–H and O–H groups in total. The predicted octanol–water partition coefficient (Wildman–Crippen LogP) is 4.10. The first-order chi connectivity index (χ1) is 11.1. The van der Waals surface area contributed by atoms with Crippen LogP contribution in [0.1, 0.15) is 27.7 Å². The Labute approximate surface area is 151 Å². The Morgan fingerprint density at radius 1 is 1.21 bits per heavy atom. The zero-order valence-electron chi connectivity index (χ0n) is 14.3. The summed E-state index contributed by atoms with van der Waals surface area (Å²) in [5.74, 6) is 0.00111. The second-order valence-corrected chi connectivity index (χ2v) is 6.93. The van der Waals surface area contributed by atoms with Crippen LogP contribution in [0.2, 0.25) is 10.0 Å². The van der Waals surface area contributed by atoms with E-state index in [0.717, 1.165) is 0 Å². The van der Waals surface area contributed by atoms with Crippen molar-refractivity contribution in [2.75, 3.05) is 19.0 Å². The molecule has 0 aliphatic carbocycles. The van der Waals surface area contributed by atoms with Crippen LogP contribution in [0, 0.1) is 5.41 Å². The summed E-state index contributed by atoms with van der Waals surface area (Å²) in [7, 11) is 1.30. The highest BCUT2D eigenvalue weighted by molar-refractivity contribution is 6.37. The fourth-order valence-electron chi connectivity index (χ4n) is 1.79. The number of rotatable bonds is 6. The lowest BCUT2D eigenvalue weighted by Crippen LogP contribution is -2.41. The molecule has 0 spiro atoms. The molecule has 8 heteroatoms. The fourth-order valence-corrected chi connectivity index (χ4v) is 2.26. The molecule has 24 heavy (non-hydrogen) atoms. The molecule has 2 amide bonds. The maximum Gasteiger partial charge on any atom is 0.319 e. The summed E-state index contributed by atoms with van der Waals surface area (Å²) >= 11 is 12.2. The van der Waals surface area contributed by atoms with E-state index >= 15 is 0 Å². The lowest BCUT2D eigenvalue weighted by atomic mass is 9.94. The number of hydrogen-bond acceptors (Lipinski definition) is 4. The zero-order chi connectivity index (χ0) is 18.5. The maximum atomic E-state index is 12.0. The van der Waals surface area contributed by atoms with Crippen LogP contribution in [0.5, 0.6) is 5.75 Å². The monoisotopic (exact) mass is 376 g/mol. The van der Waals surface area contributed by atoms with Gasteiger partial charge in [-0.3, -0.25) is 4.79 Å². The summed E-state index contributed by atoms with van der Waals surface area (Å²) in [6, 6.07) is 2.54. The molecule has 134 valence electrons. The van der Waals surface area contributed by atoms with Gasteiger partial charge in [0.2, 0.25) is 0 Å². The van der Waals surface area contributed by atoms with Gasteiger partial charge in [0, 0.05) is 12.6 Å². The van der Waals surface area contributed by atoms with Crippen LogP contribution in [0.3, 0.4) is 0 Å². The minimum atomic E-state index is -0.845. The molecule has 1 aromatic rings. The first-order valence-electron chi connectivity index (χ1n) is 7.35. The maximum absolute atomic E-state index is 12.0. The van der Waals surface area contributed by atoms with Crippen LogP contribution in [0.4, 0.5) is 10.5 Å². The Hall–Kier alpha value is -1.66. The first-order valence-corrected chi connectivity index (χ1v) is 8.11. The van der Waals surface area contributed by atoms with Crippen molar-refractivity contribution in [2.45, 2.75) is 33.8 Å². The van der Waals surface area contributed by atoms with Crippen molar-refractivity contribution in [3.63, 3.8) is 0 Å². The number of hydrogen-bond donors (Lipinski definition) is 2. The van der Waals surface area contributed by atoms with Crippen molar-refractivity contribution in [1.29, 1.82) is 0 Å². The molecule has 0 atom stereocenters. The average molecular weight is 377 g/mol. The molecule has 0 radical (unpaired) electrons. The van der Waals surface area contributed by atoms with E-state index in [-0.39, 0.29) is 17.7 Å². The third-order valence-electron chi connectivity index (χ3n) is 3.06. The Bertz CT molecular complexity index is 618. The molecule has 1 rings (SSSR count). The Balaban J connectivity index is 2.78. The van der Waals surface area contributed by atoms with Gasteiger partial charge in [0.1, 0.15) is 5.75 Å². The number of carbonyl (C=O) groups excluding carboxylic acids is 2. The van der Waals surface area contributed by atoms with Crippen LogP contribution >= 0.6 is 23.2 Å². The average Bonchev–Trinajstić information content (AvgIpc) is 2.48. The topological polar surface area (TPSA) is 76.7 Å². The minimum Gasteiger partial charge on any atom is -0.489 e. The Morgan fingerprint density at radius 2 is 1.83 bits per heavy atom. The molecule has 0 saturated heterocycles. The Morgan fingerprint density at radius 3 is 2.38 bits per heavy atom. The number of anilines is 1. The largest absolute Gasteiger partial charge is 0.489 e. The van der Waals surface area contributed by atoms with E-state index in [0.29, 0.717) is 16.5 Å². The highest BCUT2D eigenvalue weighted by atomic mass is 35.5. The Kier molecular flexibility index (Phi) is 7.17. The van der Waals surface area contributed by atoms with Crippen LogP contribution in [-0.4, -0.2) is 31.8 Å². The van der Waals surface area contributed by atoms with Crippen LogP contribution in [-0.2, 0) is 9.53 Å². The summed E-state index contributed by atoms with van der Waals surface area (Å²) in [5.41, 5.74) is -0.494. The highest BCUT2D eigenvalue weighted by Gasteiger charge is 2.29. The third kappa shape index (κ3) is 5.76. The third-order valence-corrected chi connectivity index (χ3v) is 3.67. The van der Waals surface area contributed by atoms with Crippen LogP contribution in [0.25, 0.3) is 0 Å². The summed E-state index contributed by atoms with van der Waals surface area (Å²) in [5, 5.41) is 5.84. The number of ether oxygens (including phenoxy) is 2. The van der Waals surface area contributed by atoms with Gasteiger partial charge < -0.3 is 20.1 Å². The molecule has 6 nitrogen and oxygen atoms in total. The van der Waals surface area contributed by atoms with E-state index in [1.54, 1.807) is 19.9 Å².